The van der Waals surface area contributed by atoms with Crippen LogP contribution in [0.15, 0.2) is 24.3 Å². The van der Waals surface area contributed by atoms with Crippen LogP contribution < -0.4 is 16.0 Å². The van der Waals surface area contributed by atoms with Crippen LogP contribution in [0, 0.1) is 18.8 Å². The Kier molecular flexibility index (Phi) is 16.1. The molecule has 10 nitrogen and oxygen atoms in total. The number of ether oxygens (including phenoxy) is 1. The van der Waals surface area contributed by atoms with Gasteiger partial charge in [-0.1, -0.05) is 42.7 Å². The molecule has 3 aliphatic rings. The summed E-state index contributed by atoms with van der Waals surface area (Å²) < 4.78 is 22.9. The van der Waals surface area contributed by atoms with Gasteiger partial charge in [0.05, 0.1) is 18.4 Å². The summed E-state index contributed by atoms with van der Waals surface area (Å²) in [5.41, 5.74) is 2.54. The van der Waals surface area contributed by atoms with Crippen molar-refractivity contribution in [2.75, 3.05) is 59.5 Å². The van der Waals surface area contributed by atoms with Crippen molar-refractivity contribution in [3.05, 3.63) is 40.7 Å². The minimum atomic E-state index is -1.91. The van der Waals surface area contributed by atoms with Crippen LogP contribution >= 0.6 is 0 Å². The first-order chi connectivity index (χ1) is 20.4. The molecule has 0 aromatic heterocycles. The Bertz CT molecular complexity index is 990. The zero-order chi connectivity index (χ0) is 30.2. The molecule has 1 unspecified atom stereocenters. The van der Waals surface area contributed by atoms with Crippen molar-refractivity contribution in [2.24, 2.45) is 11.8 Å². The standard InChI is InChI=1S/C31H51N5O3.2O.Tc/c1-23-7-9-25(10-8-23)27-20-26-11-12-28(36(26)2)30(27)31(38)39-19-5-3-4-6-24-21-33-16-15-32-14-13-29(37)35-18-17-34-22-24;;;/h7-10,24,26-28,30,32-34H,3-6,11-22H2,1-2H3,(H,35,37);;;/q;;;+1/p-1/t24?,26-,27+,28+,30-;;;/m0.../s1/i;;;1+1. The van der Waals surface area contributed by atoms with Crippen molar-refractivity contribution in [3.63, 3.8) is 0 Å². The fraction of sp³-hybridized carbons (Fsp3) is 0.742. The molecule has 42 heavy (non-hydrogen) atoms. The summed E-state index contributed by atoms with van der Waals surface area (Å²) in [6.07, 6.45) is 8.01. The topological polar surface area (TPSA) is 131 Å². The van der Waals surface area contributed by atoms with Crippen LogP contribution in [0.4, 0.5) is 0 Å². The molecule has 1 amide bonds. The number of hydrogen-bond donors (Lipinski definition) is 3. The van der Waals surface area contributed by atoms with Crippen molar-refractivity contribution >= 4 is 11.9 Å². The first-order valence-corrected chi connectivity index (χ1v) is 17.1. The molecular formula is C31H50N5O5Tc. The molecule has 3 fully saturated rings. The maximum atomic E-state index is 13.4. The van der Waals surface area contributed by atoms with Gasteiger partial charge in [0.15, 0.2) is 0 Å². The summed E-state index contributed by atoms with van der Waals surface area (Å²) in [4.78, 5) is 27.6. The molecule has 3 saturated heterocycles. The van der Waals surface area contributed by atoms with Crippen molar-refractivity contribution in [1.82, 2.24) is 20.9 Å². The summed E-state index contributed by atoms with van der Waals surface area (Å²) in [6.45, 7) is 8.29. The Morgan fingerprint density at radius 2 is 1.71 bits per heavy atom. The number of esters is 1. The molecule has 0 saturated carbocycles. The number of nitrogens with one attached hydrogen (secondary N) is 3. The molecular weight excluding hydrogens is 621 g/mol. The van der Waals surface area contributed by atoms with Gasteiger partial charge in [0.2, 0.25) is 0 Å². The van der Waals surface area contributed by atoms with E-state index in [0.717, 1.165) is 71.2 Å². The number of nitrogens with zero attached hydrogens (tertiary/aromatic N) is 2. The van der Waals surface area contributed by atoms with E-state index in [9.17, 15) is 9.59 Å². The molecule has 3 N–H and O–H groups in total. The fourth-order valence-corrected chi connectivity index (χ4v) is 6.65. The Hall–Kier alpha value is -1.75. The number of unbranched alkanes of at least 4 members (excludes halogenated alkanes) is 2. The summed E-state index contributed by atoms with van der Waals surface area (Å²) in [5, 5.41) is 14.5. The number of carbonyl (C=O) groups is 2. The van der Waals surface area contributed by atoms with E-state index in [1.165, 1.54) is 17.5 Å². The molecule has 1 aromatic rings. The van der Waals surface area contributed by atoms with Gasteiger partial charge in [-0.2, -0.15) is 0 Å². The monoisotopic (exact) mass is 671 g/mol. The summed E-state index contributed by atoms with van der Waals surface area (Å²) in [7, 11) is 2.19. The van der Waals surface area contributed by atoms with E-state index in [1.54, 1.807) is 0 Å². The van der Waals surface area contributed by atoms with Gasteiger partial charge in [0, 0.05) is 44.1 Å². The number of amides is 1. The fourth-order valence-electron chi connectivity index (χ4n) is 6.65. The van der Waals surface area contributed by atoms with Gasteiger partial charge in [-0.3, -0.25) is 9.69 Å². The molecule has 4 rings (SSSR count). The molecule has 236 valence electrons. The third-order valence-electron chi connectivity index (χ3n) is 8.98. The number of aryl methyl sites for hydroxylation is 1. The van der Waals surface area contributed by atoms with Crippen molar-refractivity contribution in [3.8, 4) is 0 Å². The average molecular weight is 672 g/mol. The number of carbonyl (C=O) groups excluding carboxylic acids is 2. The SMILES string of the molecule is Cc1ccc([C@H]2C[C@@H]3CC[C@H]([C@H]2C(=O)OCCCCCC2CNCC[N-]C(=O)CCNCCNC2)N3C)cc1.[O]=[99Tc+]=[O]. The molecule has 11 heteroatoms. The Morgan fingerprint density at radius 1 is 1.00 bits per heavy atom. The van der Waals surface area contributed by atoms with Gasteiger partial charge in [0.1, 0.15) is 0 Å². The Labute approximate surface area is 259 Å². The zero-order valence-corrected chi connectivity index (χ0v) is 27.2. The second-order valence-corrected chi connectivity index (χ2v) is 12.2. The summed E-state index contributed by atoms with van der Waals surface area (Å²) in [6, 6.07) is 9.63. The van der Waals surface area contributed by atoms with E-state index < -0.39 is 17.6 Å². The Morgan fingerprint density at radius 3 is 2.48 bits per heavy atom. The predicted molar refractivity (Wildman–Crippen MR) is 157 cm³/mol. The first kappa shape index (κ1) is 34.7. The van der Waals surface area contributed by atoms with Crippen molar-refractivity contribution in [2.45, 2.75) is 76.3 Å². The second kappa shape index (κ2) is 19.5. The van der Waals surface area contributed by atoms with E-state index >= 15 is 0 Å². The quantitative estimate of drug-likeness (QED) is 0.282. The number of benzene rings is 1. The molecule has 1 aromatic carbocycles. The van der Waals surface area contributed by atoms with Gasteiger partial charge in [-0.25, -0.2) is 0 Å². The van der Waals surface area contributed by atoms with Gasteiger partial charge < -0.3 is 30.8 Å². The third-order valence-corrected chi connectivity index (χ3v) is 8.98. The van der Waals surface area contributed by atoms with E-state index in [1.807, 2.05) is 0 Å². The first-order valence-electron chi connectivity index (χ1n) is 15.6. The molecule has 3 aliphatic heterocycles. The molecule has 0 radical (unpaired) electrons. The number of hydrogen-bond acceptors (Lipinski definition) is 9. The maximum absolute atomic E-state index is 13.4. The summed E-state index contributed by atoms with van der Waals surface area (Å²) >= 11 is -1.91. The van der Waals surface area contributed by atoms with Crippen LogP contribution in [0.3, 0.4) is 0 Å². The average Bonchev–Trinajstić information content (AvgIpc) is 3.20. The van der Waals surface area contributed by atoms with E-state index in [0.29, 0.717) is 44.1 Å². The molecule has 0 aliphatic carbocycles. The third kappa shape index (κ3) is 11.4. The molecule has 5 atom stereocenters. The van der Waals surface area contributed by atoms with Gasteiger partial charge >= 0.3 is 30.6 Å². The van der Waals surface area contributed by atoms with Gasteiger partial charge in [0.25, 0.3) is 0 Å². The predicted octanol–water partition coefficient (Wildman–Crippen LogP) is 3.11. The second-order valence-electron chi connectivity index (χ2n) is 11.9. The van der Waals surface area contributed by atoms with Crippen LogP contribution in [0.5, 0.6) is 0 Å². The Balaban J connectivity index is 0.00000155. The van der Waals surface area contributed by atoms with Crippen LogP contribution in [0.25, 0.3) is 5.32 Å². The van der Waals surface area contributed by atoms with Gasteiger partial charge in [-0.05, 0) is 77.2 Å². The van der Waals surface area contributed by atoms with Crippen LogP contribution in [-0.4, -0.2) is 88.3 Å². The van der Waals surface area contributed by atoms with Crippen LogP contribution in [0.1, 0.15) is 68.4 Å². The van der Waals surface area contributed by atoms with E-state index in [2.05, 4.69) is 64.4 Å². The number of fused-ring (bicyclic) bond motifs is 2. The number of rotatable bonds is 8. The molecule has 2 bridgehead atoms. The zero-order valence-electron chi connectivity index (χ0n) is 25.3. The van der Waals surface area contributed by atoms with Crippen LogP contribution in [-0.2, 0) is 38.9 Å². The van der Waals surface area contributed by atoms with E-state index in [4.69, 9.17) is 11.7 Å². The molecule has 0 spiro atoms. The van der Waals surface area contributed by atoms with E-state index in [-0.39, 0.29) is 23.7 Å². The number of piperidine rings is 1. The van der Waals surface area contributed by atoms with Crippen LogP contribution in [0.2, 0.25) is 0 Å². The van der Waals surface area contributed by atoms with Crippen molar-refractivity contribution in [1.29, 1.82) is 0 Å². The molecule has 3 heterocycles. The normalized spacial score (nSPS) is 27.6. The van der Waals surface area contributed by atoms with Gasteiger partial charge in [-0.15, -0.1) is 6.54 Å². The summed E-state index contributed by atoms with van der Waals surface area (Å²) in [5.74, 6) is 0.696. The minimum absolute atomic E-state index is 0.00489. The van der Waals surface area contributed by atoms with Crippen molar-refractivity contribution < 1.29 is 38.9 Å².